The van der Waals surface area contributed by atoms with Crippen molar-refractivity contribution in [2.75, 3.05) is 32.8 Å². The molecule has 2 rings (SSSR count). The second kappa shape index (κ2) is 10.3. The zero-order chi connectivity index (χ0) is 11.9. The summed E-state index contributed by atoms with van der Waals surface area (Å²) in [7, 11) is 0. The fourth-order valence-electron chi connectivity index (χ4n) is 2.26. The van der Waals surface area contributed by atoms with Crippen molar-refractivity contribution in [2.24, 2.45) is 11.7 Å². The lowest BCUT2D eigenvalue weighted by atomic mass is 9.97. The van der Waals surface area contributed by atoms with Gasteiger partial charge in [0.2, 0.25) is 0 Å². The van der Waals surface area contributed by atoms with Crippen LogP contribution in [0.1, 0.15) is 12.8 Å². The molecule has 1 aromatic rings. The Balaban J connectivity index is 0.00000162. The molecule has 0 radical (unpaired) electrons. The topological polar surface area (TPSA) is 38.5 Å². The second-order valence-electron chi connectivity index (χ2n) is 4.68. The molecule has 1 aliphatic heterocycles. The number of hydrogen-bond donors (Lipinski definition) is 1. The van der Waals surface area contributed by atoms with Gasteiger partial charge in [0.25, 0.3) is 0 Å². The Morgan fingerprint density at radius 3 is 2.32 bits per heavy atom. The number of hydrogen-bond acceptors (Lipinski definition) is 3. The zero-order valence-corrected chi connectivity index (χ0v) is 12.8. The summed E-state index contributed by atoms with van der Waals surface area (Å²) in [4.78, 5) is 2.47. The Bertz CT molecular complexity index is 316. The van der Waals surface area contributed by atoms with Gasteiger partial charge in [-0.3, -0.25) is 4.90 Å². The summed E-state index contributed by atoms with van der Waals surface area (Å²) >= 11 is 0. The molecule has 0 spiro atoms. The molecule has 110 valence electrons. The molecule has 1 aromatic carbocycles. The van der Waals surface area contributed by atoms with E-state index in [0.29, 0.717) is 0 Å². The van der Waals surface area contributed by atoms with Crippen molar-refractivity contribution in [3.63, 3.8) is 0 Å². The lowest BCUT2D eigenvalue weighted by Gasteiger charge is -2.31. The predicted molar refractivity (Wildman–Crippen MR) is 84.7 cm³/mol. The molecule has 0 unspecified atom stereocenters. The van der Waals surface area contributed by atoms with Crippen molar-refractivity contribution < 1.29 is 4.74 Å². The molecule has 1 heterocycles. The van der Waals surface area contributed by atoms with E-state index in [1.54, 1.807) is 0 Å². The maximum absolute atomic E-state index is 5.70. The molecule has 0 bridgehead atoms. The molecule has 1 aliphatic rings. The minimum Gasteiger partial charge on any atom is -0.492 e. The highest BCUT2D eigenvalue weighted by Gasteiger charge is 2.17. The van der Waals surface area contributed by atoms with Gasteiger partial charge in [-0.1, -0.05) is 18.2 Å². The number of nitrogens with two attached hydrogens (primary N) is 1. The highest BCUT2D eigenvalue weighted by Crippen LogP contribution is 2.15. The van der Waals surface area contributed by atoms with Crippen LogP contribution in [-0.2, 0) is 0 Å². The molecular formula is C14H24Cl2N2O. The van der Waals surface area contributed by atoms with Gasteiger partial charge in [-0.2, -0.15) is 0 Å². The third-order valence-electron chi connectivity index (χ3n) is 3.46. The van der Waals surface area contributed by atoms with E-state index in [1.807, 2.05) is 30.3 Å². The minimum absolute atomic E-state index is 0. The molecule has 0 amide bonds. The van der Waals surface area contributed by atoms with Crippen molar-refractivity contribution in [1.29, 1.82) is 0 Å². The summed E-state index contributed by atoms with van der Waals surface area (Å²) in [5.41, 5.74) is 5.68. The van der Waals surface area contributed by atoms with Crippen LogP contribution in [0.15, 0.2) is 30.3 Å². The van der Waals surface area contributed by atoms with E-state index < -0.39 is 0 Å². The van der Waals surface area contributed by atoms with Crippen LogP contribution in [0, 0.1) is 5.92 Å². The van der Waals surface area contributed by atoms with Crippen molar-refractivity contribution in [3.8, 4) is 5.75 Å². The standard InChI is InChI=1S/C14H22N2O.2ClH/c15-12-13-6-8-16(9-7-13)10-11-17-14-4-2-1-3-5-14;;/h1-5,13H,6-12,15H2;2*1H. The first-order valence-electron chi connectivity index (χ1n) is 6.49. The van der Waals surface area contributed by atoms with Gasteiger partial charge in [-0.25, -0.2) is 0 Å². The maximum Gasteiger partial charge on any atom is 0.119 e. The van der Waals surface area contributed by atoms with Crippen LogP contribution in [-0.4, -0.2) is 37.7 Å². The molecule has 0 saturated carbocycles. The van der Waals surface area contributed by atoms with Gasteiger partial charge in [0.15, 0.2) is 0 Å². The Morgan fingerprint density at radius 1 is 1.11 bits per heavy atom. The molecule has 5 heteroatoms. The Kier molecular flexibility index (Phi) is 10.1. The van der Waals surface area contributed by atoms with Gasteiger partial charge >= 0.3 is 0 Å². The first kappa shape index (κ1) is 18.5. The summed E-state index contributed by atoms with van der Waals surface area (Å²) in [6.07, 6.45) is 2.48. The van der Waals surface area contributed by atoms with E-state index >= 15 is 0 Å². The number of benzene rings is 1. The van der Waals surface area contributed by atoms with Crippen LogP contribution in [0.25, 0.3) is 0 Å². The number of likely N-dealkylation sites (tertiary alicyclic amines) is 1. The monoisotopic (exact) mass is 306 g/mol. The molecule has 1 fully saturated rings. The molecule has 3 nitrogen and oxygen atoms in total. The van der Waals surface area contributed by atoms with Crippen molar-refractivity contribution in [3.05, 3.63) is 30.3 Å². The van der Waals surface area contributed by atoms with Crippen LogP contribution in [0.3, 0.4) is 0 Å². The molecule has 1 saturated heterocycles. The van der Waals surface area contributed by atoms with E-state index in [4.69, 9.17) is 10.5 Å². The summed E-state index contributed by atoms with van der Waals surface area (Å²) in [5, 5.41) is 0. The summed E-state index contributed by atoms with van der Waals surface area (Å²) < 4.78 is 5.70. The third kappa shape index (κ3) is 6.48. The Labute approximate surface area is 128 Å². The van der Waals surface area contributed by atoms with Crippen LogP contribution >= 0.6 is 24.8 Å². The van der Waals surface area contributed by atoms with Crippen molar-refractivity contribution >= 4 is 24.8 Å². The fourth-order valence-corrected chi connectivity index (χ4v) is 2.26. The molecular weight excluding hydrogens is 283 g/mol. The van der Waals surface area contributed by atoms with Gasteiger partial charge < -0.3 is 10.5 Å². The molecule has 0 aliphatic carbocycles. The molecule has 0 aromatic heterocycles. The van der Waals surface area contributed by atoms with Gasteiger partial charge in [0.1, 0.15) is 12.4 Å². The quantitative estimate of drug-likeness (QED) is 0.908. The Morgan fingerprint density at radius 2 is 1.74 bits per heavy atom. The number of ether oxygens (including phenoxy) is 1. The lowest BCUT2D eigenvalue weighted by molar-refractivity contribution is 0.157. The highest BCUT2D eigenvalue weighted by atomic mass is 35.5. The van der Waals surface area contributed by atoms with E-state index in [2.05, 4.69) is 4.90 Å². The lowest BCUT2D eigenvalue weighted by Crippen LogP contribution is -2.38. The SMILES string of the molecule is Cl.Cl.NCC1CCN(CCOc2ccccc2)CC1. The van der Waals surface area contributed by atoms with Crippen LogP contribution in [0.4, 0.5) is 0 Å². The number of rotatable bonds is 5. The third-order valence-corrected chi connectivity index (χ3v) is 3.46. The van der Waals surface area contributed by atoms with Gasteiger partial charge in [0.05, 0.1) is 0 Å². The van der Waals surface area contributed by atoms with E-state index in [1.165, 1.54) is 25.9 Å². The minimum atomic E-state index is 0. The summed E-state index contributed by atoms with van der Waals surface area (Å²) in [6, 6.07) is 10.0. The van der Waals surface area contributed by atoms with E-state index in [-0.39, 0.29) is 24.8 Å². The van der Waals surface area contributed by atoms with Gasteiger partial charge in [0, 0.05) is 6.54 Å². The molecule has 19 heavy (non-hydrogen) atoms. The highest BCUT2D eigenvalue weighted by molar-refractivity contribution is 5.85. The van der Waals surface area contributed by atoms with E-state index in [0.717, 1.165) is 31.4 Å². The number of halogens is 2. The fraction of sp³-hybridized carbons (Fsp3) is 0.571. The largest absolute Gasteiger partial charge is 0.492 e. The molecule has 0 atom stereocenters. The average molecular weight is 307 g/mol. The Hall–Kier alpha value is -0.480. The normalized spacial score (nSPS) is 16.3. The number of para-hydroxylation sites is 1. The zero-order valence-electron chi connectivity index (χ0n) is 11.2. The van der Waals surface area contributed by atoms with Crippen LogP contribution in [0.2, 0.25) is 0 Å². The second-order valence-corrected chi connectivity index (χ2v) is 4.68. The predicted octanol–water partition coefficient (Wildman–Crippen LogP) is 2.58. The van der Waals surface area contributed by atoms with Crippen molar-refractivity contribution in [1.82, 2.24) is 4.90 Å². The average Bonchev–Trinajstić information content (AvgIpc) is 2.41. The number of nitrogens with zero attached hydrogens (tertiary/aromatic N) is 1. The smallest absolute Gasteiger partial charge is 0.119 e. The van der Waals surface area contributed by atoms with E-state index in [9.17, 15) is 0 Å². The first-order chi connectivity index (χ1) is 8.38. The summed E-state index contributed by atoms with van der Waals surface area (Å²) in [6.45, 7) is 4.97. The number of piperidine rings is 1. The van der Waals surface area contributed by atoms with Gasteiger partial charge in [-0.05, 0) is 50.5 Å². The summed E-state index contributed by atoms with van der Waals surface area (Å²) in [5.74, 6) is 1.70. The maximum atomic E-state index is 5.70. The van der Waals surface area contributed by atoms with Crippen molar-refractivity contribution in [2.45, 2.75) is 12.8 Å². The first-order valence-corrected chi connectivity index (χ1v) is 6.49. The molecule has 2 N–H and O–H groups in total. The van der Waals surface area contributed by atoms with Gasteiger partial charge in [-0.15, -0.1) is 24.8 Å². The van der Waals surface area contributed by atoms with Crippen LogP contribution < -0.4 is 10.5 Å². The van der Waals surface area contributed by atoms with Crippen LogP contribution in [0.5, 0.6) is 5.75 Å².